The molecule has 0 atom stereocenters. The molecule has 0 saturated carbocycles. The van der Waals surface area contributed by atoms with Crippen molar-refractivity contribution in [1.29, 1.82) is 0 Å². The van der Waals surface area contributed by atoms with E-state index >= 15 is 0 Å². The first-order valence-corrected chi connectivity index (χ1v) is 6.40. The molecular formula is C14H21N3O2. The SMILES string of the molecule is CN(C)c1cccc(NC(=O)COC2(C)CNC2)c1. The number of benzene rings is 1. The van der Waals surface area contributed by atoms with Crippen LogP contribution in [0.15, 0.2) is 24.3 Å². The van der Waals surface area contributed by atoms with E-state index in [0.717, 1.165) is 24.5 Å². The summed E-state index contributed by atoms with van der Waals surface area (Å²) in [6, 6.07) is 7.72. The first kappa shape index (κ1) is 13.8. The van der Waals surface area contributed by atoms with Gasteiger partial charge in [-0.25, -0.2) is 0 Å². The minimum absolute atomic E-state index is 0.0877. The van der Waals surface area contributed by atoms with Crippen LogP contribution in [0.3, 0.4) is 0 Å². The van der Waals surface area contributed by atoms with Crippen LogP contribution in [0, 0.1) is 0 Å². The van der Waals surface area contributed by atoms with Crippen molar-refractivity contribution in [2.75, 3.05) is 44.0 Å². The van der Waals surface area contributed by atoms with Gasteiger partial charge in [-0.1, -0.05) is 6.07 Å². The Kier molecular flexibility index (Phi) is 4.07. The summed E-state index contributed by atoms with van der Waals surface area (Å²) >= 11 is 0. The largest absolute Gasteiger partial charge is 0.378 e. The molecule has 1 aromatic carbocycles. The lowest BCUT2D eigenvalue weighted by atomic mass is 10.0. The second kappa shape index (κ2) is 5.59. The van der Waals surface area contributed by atoms with Crippen LogP contribution in [-0.2, 0) is 9.53 Å². The number of rotatable bonds is 5. The molecule has 0 spiro atoms. The Morgan fingerprint density at radius 3 is 2.79 bits per heavy atom. The Balaban J connectivity index is 1.86. The van der Waals surface area contributed by atoms with Crippen molar-refractivity contribution in [2.45, 2.75) is 12.5 Å². The van der Waals surface area contributed by atoms with Crippen LogP contribution in [-0.4, -0.2) is 45.3 Å². The highest BCUT2D eigenvalue weighted by atomic mass is 16.5. The highest BCUT2D eigenvalue weighted by Gasteiger charge is 2.32. The van der Waals surface area contributed by atoms with Gasteiger partial charge in [-0.2, -0.15) is 0 Å². The van der Waals surface area contributed by atoms with Gasteiger partial charge in [-0.15, -0.1) is 0 Å². The highest BCUT2D eigenvalue weighted by Crippen LogP contribution is 2.18. The number of hydrogen-bond donors (Lipinski definition) is 2. The lowest BCUT2D eigenvalue weighted by Crippen LogP contribution is -2.59. The van der Waals surface area contributed by atoms with E-state index in [1.165, 1.54) is 0 Å². The summed E-state index contributed by atoms with van der Waals surface area (Å²) < 4.78 is 5.59. The van der Waals surface area contributed by atoms with Gasteiger partial charge in [0.25, 0.3) is 0 Å². The van der Waals surface area contributed by atoms with Crippen LogP contribution in [0.25, 0.3) is 0 Å². The highest BCUT2D eigenvalue weighted by molar-refractivity contribution is 5.92. The molecule has 1 amide bonds. The molecule has 5 heteroatoms. The summed E-state index contributed by atoms with van der Waals surface area (Å²) in [5, 5.41) is 5.98. The summed E-state index contributed by atoms with van der Waals surface area (Å²) in [7, 11) is 3.93. The zero-order chi connectivity index (χ0) is 13.9. The summed E-state index contributed by atoms with van der Waals surface area (Å²) in [5.41, 5.74) is 1.65. The van der Waals surface area contributed by atoms with Crippen LogP contribution >= 0.6 is 0 Å². The first-order valence-electron chi connectivity index (χ1n) is 6.40. The number of hydrogen-bond acceptors (Lipinski definition) is 4. The molecule has 19 heavy (non-hydrogen) atoms. The average molecular weight is 263 g/mol. The molecule has 2 rings (SSSR count). The van der Waals surface area contributed by atoms with Gasteiger partial charge in [0.2, 0.25) is 5.91 Å². The van der Waals surface area contributed by atoms with E-state index in [1.54, 1.807) is 0 Å². The number of anilines is 2. The zero-order valence-electron chi connectivity index (χ0n) is 11.7. The molecule has 2 N–H and O–H groups in total. The van der Waals surface area contributed by atoms with Crippen molar-refractivity contribution in [3.8, 4) is 0 Å². The van der Waals surface area contributed by atoms with Gasteiger partial charge in [0.05, 0.1) is 5.60 Å². The maximum absolute atomic E-state index is 11.8. The zero-order valence-corrected chi connectivity index (χ0v) is 11.7. The summed E-state index contributed by atoms with van der Waals surface area (Å²) in [5.74, 6) is -0.121. The molecule has 0 radical (unpaired) electrons. The quantitative estimate of drug-likeness (QED) is 0.834. The number of nitrogens with one attached hydrogen (secondary N) is 2. The third kappa shape index (κ3) is 3.68. The smallest absolute Gasteiger partial charge is 0.250 e. The van der Waals surface area contributed by atoms with E-state index in [0.29, 0.717) is 0 Å². The van der Waals surface area contributed by atoms with Gasteiger partial charge in [-0.05, 0) is 25.1 Å². The fraction of sp³-hybridized carbons (Fsp3) is 0.500. The monoisotopic (exact) mass is 263 g/mol. The van der Waals surface area contributed by atoms with Crippen LogP contribution in [0.4, 0.5) is 11.4 Å². The molecule has 1 heterocycles. The van der Waals surface area contributed by atoms with E-state index in [9.17, 15) is 4.79 Å². The first-order chi connectivity index (χ1) is 8.98. The molecule has 0 bridgehead atoms. The molecule has 1 fully saturated rings. The molecule has 1 aromatic rings. The fourth-order valence-electron chi connectivity index (χ4n) is 1.88. The molecule has 0 unspecified atom stereocenters. The van der Waals surface area contributed by atoms with E-state index in [2.05, 4.69) is 10.6 Å². The molecule has 0 aromatic heterocycles. The normalized spacial score (nSPS) is 16.6. The minimum Gasteiger partial charge on any atom is -0.378 e. The molecule has 5 nitrogen and oxygen atoms in total. The molecule has 0 aliphatic carbocycles. The van der Waals surface area contributed by atoms with E-state index in [1.807, 2.05) is 50.2 Å². The van der Waals surface area contributed by atoms with Crippen LogP contribution in [0.5, 0.6) is 0 Å². The maximum Gasteiger partial charge on any atom is 0.250 e. The predicted octanol–water partition coefficient (Wildman–Crippen LogP) is 1.07. The van der Waals surface area contributed by atoms with Gasteiger partial charge in [0.15, 0.2) is 0 Å². The number of nitrogens with zero attached hydrogens (tertiary/aromatic N) is 1. The Morgan fingerprint density at radius 2 is 2.21 bits per heavy atom. The number of carbonyl (C=O) groups excluding carboxylic acids is 1. The van der Waals surface area contributed by atoms with Crippen molar-refractivity contribution in [3.63, 3.8) is 0 Å². The van der Waals surface area contributed by atoms with E-state index < -0.39 is 0 Å². The lowest BCUT2D eigenvalue weighted by Gasteiger charge is -2.38. The van der Waals surface area contributed by atoms with Gasteiger partial charge >= 0.3 is 0 Å². The lowest BCUT2D eigenvalue weighted by molar-refractivity contribution is -0.130. The standard InChI is InChI=1S/C14H21N3O2/c1-14(9-15-10-14)19-8-13(18)16-11-5-4-6-12(7-11)17(2)3/h4-7,15H,8-10H2,1-3H3,(H,16,18). The molecule has 1 aliphatic rings. The topological polar surface area (TPSA) is 53.6 Å². The van der Waals surface area contributed by atoms with E-state index in [4.69, 9.17) is 4.74 Å². The molecule has 1 aliphatic heterocycles. The van der Waals surface area contributed by atoms with Crippen molar-refractivity contribution >= 4 is 17.3 Å². The van der Waals surface area contributed by atoms with Crippen molar-refractivity contribution in [3.05, 3.63) is 24.3 Å². The summed E-state index contributed by atoms with van der Waals surface area (Å²) in [6.07, 6.45) is 0. The van der Waals surface area contributed by atoms with Crippen molar-refractivity contribution in [1.82, 2.24) is 5.32 Å². The second-order valence-electron chi connectivity index (χ2n) is 5.34. The third-order valence-electron chi connectivity index (χ3n) is 3.20. The molecule has 104 valence electrons. The summed E-state index contributed by atoms with van der Waals surface area (Å²) in [4.78, 5) is 13.8. The van der Waals surface area contributed by atoms with Gasteiger partial charge in [0, 0.05) is 38.6 Å². The van der Waals surface area contributed by atoms with Crippen LogP contribution in [0.2, 0.25) is 0 Å². The van der Waals surface area contributed by atoms with Crippen molar-refractivity contribution in [2.24, 2.45) is 0 Å². The number of ether oxygens (including phenoxy) is 1. The molecular weight excluding hydrogens is 242 g/mol. The van der Waals surface area contributed by atoms with Crippen LogP contribution < -0.4 is 15.5 Å². The second-order valence-corrected chi connectivity index (χ2v) is 5.34. The third-order valence-corrected chi connectivity index (χ3v) is 3.20. The van der Waals surface area contributed by atoms with Crippen molar-refractivity contribution < 1.29 is 9.53 Å². The summed E-state index contributed by atoms with van der Waals surface area (Å²) in [6.45, 7) is 3.70. The molecule has 1 saturated heterocycles. The predicted molar refractivity (Wildman–Crippen MR) is 76.6 cm³/mol. The van der Waals surface area contributed by atoms with Gasteiger partial charge < -0.3 is 20.3 Å². The van der Waals surface area contributed by atoms with E-state index in [-0.39, 0.29) is 18.1 Å². The Bertz CT molecular complexity index is 456. The van der Waals surface area contributed by atoms with Gasteiger partial charge in [0.1, 0.15) is 6.61 Å². The van der Waals surface area contributed by atoms with Crippen LogP contribution in [0.1, 0.15) is 6.92 Å². The Morgan fingerprint density at radius 1 is 1.47 bits per heavy atom. The maximum atomic E-state index is 11.8. The average Bonchev–Trinajstić information content (AvgIpc) is 2.34. The Hall–Kier alpha value is -1.59. The minimum atomic E-state index is -0.192. The number of carbonyl (C=O) groups is 1. The van der Waals surface area contributed by atoms with Gasteiger partial charge in [-0.3, -0.25) is 4.79 Å². The fourth-order valence-corrected chi connectivity index (χ4v) is 1.88. The Labute approximate surface area is 113 Å². The number of amides is 1.